The van der Waals surface area contributed by atoms with Gasteiger partial charge in [0.2, 0.25) is 0 Å². The van der Waals surface area contributed by atoms with Gasteiger partial charge in [0.05, 0.1) is 0 Å². The van der Waals surface area contributed by atoms with Gasteiger partial charge in [0.15, 0.2) is 5.69 Å². The fourth-order valence-corrected chi connectivity index (χ4v) is 1.86. The van der Waals surface area contributed by atoms with Crippen molar-refractivity contribution in [2.75, 3.05) is 17.7 Å². The molecule has 0 saturated carbocycles. The summed E-state index contributed by atoms with van der Waals surface area (Å²) in [6, 6.07) is 2.99. The van der Waals surface area contributed by atoms with Gasteiger partial charge in [-0.3, -0.25) is 9.00 Å². The van der Waals surface area contributed by atoms with E-state index in [-0.39, 0.29) is 23.5 Å². The van der Waals surface area contributed by atoms with Crippen LogP contribution >= 0.6 is 0 Å². The number of aromatic nitrogens is 2. The average Bonchev–Trinajstić information content (AvgIpc) is 2.27. The number of nitrogens with zero attached hydrogens (tertiary/aromatic N) is 2. The van der Waals surface area contributed by atoms with Gasteiger partial charge in [-0.2, -0.15) is 0 Å². The van der Waals surface area contributed by atoms with E-state index in [4.69, 9.17) is 5.73 Å². The van der Waals surface area contributed by atoms with Crippen molar-refractivity contribution < 1.29 is 9.00 Å². The van der Waals surface area contributed by atoms with Crippen LogP contribution in [0.25, 0.3) is 0 Å². The van der Waals surface area contributed by atoms with Crippen molar-refractivity contribution in [1.29, 1.82) is 0 Å². The molecule has 0 aliphatic rings. The lowest BCUT2D eigenvalue weighted by Crippen LogP contribution is -2.34. The van der Waals surface area contributed by atoms with Crippen LogP contribution in [0.4, 0.5) is 5.82 Å². The van der Waals surface area contributed by atoms with E-state index in [2.05, 4.69) is 15.5 Å². The molecule has 1 rings (SSSR count). The fourth-order valence-electron chi connectivity index (χ4n) is 1.18. The number of carbonyl (C=O) groups excluding carboxylic acids is 1. The van der Waals surface area contributed by atoms with E-state index in [1.165, 1.54) is 12.1 Å². The smallest absolute Gasteiger partial charge is 0.272 e. The molecule has 0 aliphatic heterocycles. The highest BCUT2D eigenvalue weighted by Gasteiger charge is 2.11. The number of nitrogens with two attached hydrogens (primary N) is 1. The Morgan fingerprint density at radius 2 is 2.24 bits per heavy atom. The standard InChI is InChI=1S/C10H16N4O2S/c1-7(5-6-17(2)16)12-10(15)8-3-4-9(11)14-13-8/h3-4,7H,5-6H2,1-2H3,(H2,11,14)(H,12,15). The van der Waals surface area contributed by atoms with Crippen LogP contribution in [0.15, 0.2) is 12.1 Å². The molecule has 0 aliphatic carbocycles. The Bertz CT molecular complexity index is 407. The summed E-state index contributed by atoms with van der Waals surface area (Å²) < 4.78 is 10.9. The molecule has 0 bridgehead atoms. The molecule has 1 heterocycles. The van der Waals surface area contributed by atoms with Crippen LogP contribution in [0, 0.1) is 0 Å². The Balaban J connectivity index is 2.48. The Morgan fingerprint density at radius 3 is 2.76 bits per heavy atom. The van der Waals surface area contributed by atoms with Crippen molar-refractivity contribution in [1.82, 2.24) is 15.5 Å². The van der Waals surface area contributed by atoms with Crippen molar-refractivity contribution in [2.24, 2.45) is 0 Å². The first kappa shape index (κ1) is 13.6. The zero-order chi connectivity index (χ0) is 12.8. The van der Waals surface area contributed by atoms with E-state index in [9.17, 15) is 9.00 Å². The molecule has 94 valence electrons. The van der Waals surface area contributed by atoms with Gasteiger partial charge in [-0.1, -0.05) is 0 Å². The van der Waals surface area contributed by atoms with Crippen LogP contribution in [-0.2, 0) is 10.8 Å². The summed E-state index contributed by atoms with van der Waals surface area (Å²) in [7, 11) is -0.844. The predicted octanol–water partition coefficient (Wildman–Crippen LogP) is -0.0543. The highest BCUT2D eigenvalue weighted by molar-refractivity contribution is 7.84. The number of amides is 1. The van der Waals surface area contributed by atoms with Gasteiger partial charge in [-0.05, 0) is 25.5 Å². The van der Waals surface area contributed by atoms with Crippen molar-refractivity contribution in [3.8, 4) is 0 Å². The SMILES string of the molecule is CC(CCS(C)=O)NC(=O)c1ccc(N)nn1. The number of rotatable bonds is 5. The second-order valence-electron chi connectivity index (χ2n) is 3.78. The number of nitrogen functional groups attached to an aromatic ring is 1. The van der Waals surface area contributed by atoms with Gasteiger partial charge in [0.25, 0.3) is 5.91 Å². The lowest BCUT2D eigenvalue weighted by atomic mass is 10.2. The van der Waals surface area contributed by atoms with E-state index >= 15 is 0 Å². The van der Waals surface area contributed by atoms with Gasteiger partial charge in [0.1, 0.15) is 5.82 Å². The first-order valence-electron chi connectivity index (χ1n) is 5.19. The Labute approximate surface area is 102 Å². The van der Waals surface area contributed by atoms with Crippen molar-refractivity contribution in [3.05, 3.63) is 17.8 Å². The summed E-state index contributed by atoms with van der Waals surface area (Å²) in [5.74, 6) is 0.539. The molecular weight excluding hydrogens is 240 g/mol. The lowest BCUT2D eigenvalue weighted by Gasteiger charge is -2.12. The summed E-state index contributed by atoms with van der Waals surface area (Å²) in [5, 5.41) is 10.0. The zero-order valence-corrected chi connectivity index (χ0v) is 10.7. The number of anilines is 1. The topological polar surface area (TPSA) is 98.0 Å². The third-order valence-corrected chi connectivity index (χ3v) is 2.94. The van der Waals surface area contributed by atoms with Crippen LogP contribution in [0.3, 0.4) is 0 Å². The average molecular weight is 256 g/mol. The van der Waals surface area contributed by atoms with Gasteiger partial charge in [0, 0.05) is 28.9 Å². The number of hydrogen-bond donors (Lipinski definition) is 2. The zero-order valence-electron chi connectivity index (χ0n) is 9.84. The molecule has 0 saturated heterocycles. The molecule has 0 aromatic carbocycles. The van der Waals surface area contributed by atoms with Crippen LogP contribution in [-0.4, -0.2) is 38.4 Å². The van der Waals surface area contributed by atoms with Crippen LogP contribution in [0.1, 0.15) is 23.8 Å². The van der Waals surface area contributed by atoms with E-state index in [0.717, 1.165) is 0 Å². The van der Waals surface area contributed by atoms with Crippen molar-refractivity contribution >= 4 is 22.5 Å². The number of hydrogen-bond acceptors (Lipinski definition) is 5. The summed E-state index contributed by atoms with van der Waals surface area (Å²) in [5.41, 5.74) is 5.60. The summed E-state index contributed by atoms with van der Waals surface area (Å²) in [6.07, 6.45) is 2.30. The maximum Gasteiger partial charge on any atom is 0.272 e. The summed E-state index contributed by atoms with van der Waals surface area (Å²) in [4.78, 5) is 11.7. The molecule has 2 atom stereocenters. The molecular formula is C10H16N4O2S. The van der Waals surface area contributed by atoms with Crippen molar-refractivity contribution in [3.63, 3.8) is 0 Å². The maximum atomic E-state index is 11.7. The molecule has 17 heavy (non-hydrogen) atoms. The normalized spacial score (nSPS) is 14.0. The Morgan fingerprint density at radius 1 is 1.53 bits per heavy atom. The largest absolute Gasteiger partial charge is 0.382 e. The second-order valence-corrected chi connectivity index (χ2v) is 5.34. The van der Waals surface area contributed by atoms with E-state index in [0.29, 0.717) is 12.2 Å². The van der Waals surface area contributed by atoms with E-state index < -0.39 is 10.8 Å². The third-order valence-electron chi connectivity index (χ3n) is 2.13. The van der Waals surface area contributed by atoms with E-state index in [1.807, 2.05) is 6.92 Å². The van der Waals surface area contributed by atoms with Gasteiger partial charge >= 0.3 is 0 Å². The number of carbonyl (C=O) groups is 1. The highest BCUT2D eigenvalue weighted by Crippen LogP contribution is 1.99. The molecule has 0 radical (unpaired) electrons. The minimum Gasteiger partial charge on any atom is -0.382 e. The van der Waals surface area contributed by atoms with Crippen LogP contribution in [0.5, 0.6) is 0 Å². The molecule has 6 nitrogen and oxygen atoms in total. The van der Waals surface area contributed by atoms with Gasteiger partial charge in [-0.15, -0.1) is 10.2 Å². The molecule has 0 fully saturated rings. The van der Waals surface area contributed by atoms with Crippen LogP contribution in [0.2, 0.25) is 0 Å². The molecule has 0 spiro atoms. The lowest BCUT2D eigenvalue weighted by molar-refractivity contribution is 0.0933. The second kappa shape index (κ2) is 6.29. The fraction of sp³-hybridized carbons (Fsp3) is 0.500. The number of nitrogens with one attached hydrogen (secondary N) is 1. The maximum absolute atomic E-state index is 11.7. The molecule has 2 unspecified atom stereocenters. The van der Waals surface area contributed by atoms with E-state index in [1.54, 1.807) is 6.26 Å². The third kappa shape index (κ3) is 4.90. The first-order valence-corrected chi connectivity index (χ1v) is 6.92. The molecule has 1 aromatic rings. The van der Waals surface area contributed by atoms with Crippen LogP contribution < -0.4 is 11.1 Å². The summed E-state index contributed by atoms with van der Waals surface area (Å²) >= 11 is 0. The Hall–Kier alpha value is -1.50. The predicted molar refractivity (Wildman–Crippen MR) is 66.9 cm³/mol. The monoisotopic (exact) mass is 256 g/mol. The van der Waals surface area contributed by atoms with Gasteiger partial charge < -0.3 is 11.1 Å². The quantitative estimate of drug-likeness (QED) is 0.769. The van der Waals surface area contributed by atoms with Gasteiger partial charge in [-0.25, -0.2) is 0 Å². The highest BCUT2D eigenvalue weighted by atomic mass is 32.2. The Kier molecular flexibility index (Phi) is 5.02. The molecule has 3 N–H and O–H groups in total. The molecule has 7 heteroatoms. The minimum absolute atomic E-state index is 0.0502. The van der Waals surface area contributed by atoms with Crippen molar-refractivity contribution in [2.45, 2.75) is 19.4 Å². The summed E-state index contributed by atoms with van der Waals surface area (Å²) in [6.45, 7) is 1.86. The minimum atomic E-state index is -0.844. The molecule has 1 aromatic heterocycles. The molecule has 1 amide bonds. The first-order chi connectivity index (χ1) is 7.99.